The highest BCUT2D eigenvalue weighted by atomic mass is 32.1. The summed E-state index contributed by atoms with van der Waals surface area (Å²) in [7, 11) is 0. The molecule has 1 atom stereocenters. The molecule has 0 saturated carbocycles. The van der Waals surface area contributed by atoms with Crippen molar-refractivity contribution in [2.24, 2.45) is 5.73 Å². The molecule has 0 amide bonds. The van der Waals surface area contributed by atoms with Crippen molar-refractivity contribution in [2.45, 2.75) is 32.2 Å². The van der Waals surface area contributed by atoms with Gasteiger partial charge in [0.25, 0.3) is 0 Å². The lowest BCUT2D eigenvalue weighted by molar-refractivity contribution is 0.450. The van der Waals surface area contributed by atoms with Crippen molar-refractivity contribution in [1.29, 1.82) is 0 Å². The minimum Gasteiger partial charge on any atom is -0.325 e. The van der Waals surface area contributed by atoms with Gasteiger partial charge in [0, 0.05) is 23.0 Å². The zero-order valence-corrected chi connectivity index (χ0v) is 11.4. The molecule has 96 valence electrons. The summed E-state index contributed by atoms with van der Waals surface area (Å²) in [6, 6.07) is 6.78. The molecule has 1 unspecified atom stereocenters. The SMILES string of the molecule is Cc1csc(CC(C)(N)Cc2ccccc2F)n1. The van der Waals surface area contributed by atoms with Crippen molar-refractivity contribution >= 4 is 11.3 Å². The molecule has 1 aromatic heterocycles. The van der Waals surface area contributed by atoms with E-state index in [1.54, 1.807) is 23.5 Å². The molecule has 0 spiro atoms. The average molecular weight is 264 g/mol. The largest absolute Gasteiger partial charge is 0.325 e. The highest BCUT2D eigenvalue weighted by Crippen LogP contribution is 2.20. The number of thiazole rings is 1. The molecule has 2 aromatic rings. The quantitative estimate of drug-likeness (QED) is 0.921. The lowest BCUT2D eigenvalue weighted by Gasteiger charge is -2.23. The summed E-state index contributed by atoms with van der Waals surface area (Å²) in [6.45, 7) is 3.90. The van der Waals surface area contributed by atoms with Crippen molar-refractivity contribution in [3.8, 4) is 0 Å². The predicted molar refractivity (Wildman–Crippen MR) is 73.3 cm³/mol. The lowest BCUT2D eigenvalue weighted by Crippen LogP contribution is -2.41. The summed E-state index contributed by atoms with van der Waals surface area (Å²) >= 11 is 1.61. The van der Waals surface area contributed by atoms with Gasteiger partial charge in [0.2, 0.25) is 0 Å². The zero-order chi connectivity index (χ0) is 13.2. The Morgan fingerprint density at radius 1 is 1.33 bits per heavy atom. The van der Waals surface area contributed by atoms with Crippen molar-refractivity contribution in [2.75, 3.05) is 0 Å². The fraction of sp³-hybridized carbons (Fsp3) is 0.357. The van der Waals surface area contributed by atoms with E-state index in [2.05, 4.69) is 4.98 Å². The minimum absolute atomic E-state index is 0.190. The van der Waals surface area contributed by atoms with Gasteiger partial charge in [0.1, 0.15) is 5.82 Å². The maximum absolute atomic E-state index is 13.6. The van der Waals surface area contributed by atoms with Gasteiger partial charge in [-0.2, -0.15) is 0 Å². The Balaban J connectivity index is 2.10. The molecule has 0 radical (unpaired) electrons. The van der Waals surface area contributed by atoms with E-state index in [0.717, 1.165) is 10.7 Å². The number of rotatable bonds is 4. The average Bonchev–Trinajstić information content (AvgIpc) is 2.66. The van der Waals surface area contributed by atoms with Gasteiger partial charge in [-0.1, -0.05) is 18.2 Å². The Kier molecular flexibility index (Phi) is 3.78. The normalized spacial score (nSPS) is 14.4. The first-order valence-electron chi connectivity index (χ1n) is 5.89. The number of halogens is 1. The van der Waals surface area contributed by atoms with Gasteiger partial charge in [-0.25, -0.2) is 9.37 Å². The molecule has 0 aliphatic heterocycles. The summed E-state index contributed by atoms with van der Waals surface area (Å²) in [4.78, 5) is 4.40. The molecule has 0 fully saturated rings. The molecule has 0 bridgehead atoms. The molecule has 0 saturated heterocycles. The van der Waals surface area contributed by atoms with Crippen molar-refractivity contribution in [3.63, 3.8) is 0 Å². The van der Waals surface area contributed by atoms with Crippen molar-refractivity contribution in [3.05, 3.63) is 51.7 Å². The summed E-state index contributed by atoms with van der Waals surface area (Å²) in [5.74, 6) is -0.190. The Morgan fingerprint density at radius 2 is 2.06 bits per heavy atom. The van der Waals surface area contributed by atoms with Crippen LogP contribution >= 0.6 is 11.3 Å². The second kappa shape index (κ2) is 5.16. The highest BCUT2D eigenvalue weighted by molar-refractivity contribution is 7.09. The van der Waals surface area contributed by atoms with Crippen LogP contribution in [0.25, 0.3) is 0 Å². The van der Waals surface area contributed by atoms with E-state index in [0.29, 0.717) is 18.4 Å². The van der Waals surface area contributed by atoms with E-state index in [9.17, 15) is 4.39 Å². The van der Waals surface area contributed by atoms with Gasteiger partial charge in [0.05, 0.1) is 5.01 Å². The standard InChI is InChI=1S/C14H17FN2S/c1-10-9-18-13(17-10)8-14(2,16)7-11-5-3-4-6-12(11)15/h3-6,9H,7-8,16H2,1-2H3. The molecule has 2 nitrogen and oxygen atoms in total. The van der Waals surface area contributed by atoms with E-state index in [4.69, 9.17) is 5.73 Å². The summed E-state index contributed by atoms with van der Waals surface area (Å²) in [5, 5.41) is 3.02. The van der Waals surface area contributed by atoms with Gasteiger partial charge in [-0.15, -0.1) is 11.3 Å². The first-order chi connectivity index (χ1) is 8.46. The number of hydrogen-bond acceptors (Lipinski definition) is 3. The van der Waals surface area contributed by atoms with Gasteiger partial charge in [0.15, 0.2) is 0 Å². The highest BCUT2D eigenvalue weighted by Gasteiger charge is 2.22. The molecule has 2 rings (SSSR count). The molecule has 4 heteroatoms. The van der Waals surface area contributed by atoms with Crippen LogP contribution < -0.4 is 5.73 Å². The third-order valence-corrected chi connectivity index (χ3v) is 3.74. The van der Waals surface area contributed by atoms with E-state index in [1.165, 1.54) is 6.07 Å². The monoisotopic (exact) mass is 264 g/mol. The van der Waals surface area contributed by atoms with Crippen LogP contribution in [0, 0.1) is 12.7 Å². The second-order valence-electron chi connectivity index (χ2n) is 4.98. The Morgan fingerprint density at radius 3 is 2.67 bits per heavy atom. The molecule has 1 heterocycles. The number of nitrogens with zero attached hydrogens (tertiary/aromatic N) is 1. The Hall–Kier alpha value is -1.26. The first kappa shape index (κ1) is 13.2. The van der Waals surface area contributed by atoms with E-state index in [1.807, 2.05) is 25.3 Å². The third kappa shape index (κ3) is 3.37. The number of benzene rings is 1. The molecule has 0 aliphatic carbocycles. The van der Waals surface area contributed by atoms with E-state index in [-0.39, 0.29) is 5.82 Å². The number of aromatic nitrogens is 1. The Bertz CT molecular complexity index is 534. The lowest BCUT2D eigenvalue weighted by atomic mass is 9.90. The van der Waals surface area contributed by atoms with Gasteiger partial charge < -0.3 is 5.73 Å². The molecule has 2 N–H and O–H groups in total. The Labute approximate surface area is 111 Å². The van der Waals surface area contributed by atoms with Crippen LogP contribution in [0.2, 0.25) is 0 Å². The zero-order valence-electron chi connectivity index (χ0n) is 10.6. The topological polar surface area (TPSA) is 38.9 Å². The summed E-state index contributed by atoms with van der Waals surface area (Å²) < 4.78 is 13.6. The maximum atomic E-state index is 13.6. The van der Waals surface area contributed by atoms with E-state index < -0.39 is 5.54 Å². The fourth-order valence-electron chi connectivity index (χ4n) is 1.97. The second-order valence-corrected chi connectivity index (χ2v) is 5.92. The van der Waals surface area contributed by atoms with Crippen molar-refractivity contribution in [1.82, 2.24) is 4.98 Å². The van der Waals surface area contributed by atoms with Gasteiger partial charge >= 0.3 is 0 Å². The van der Waals surface area contributed by atoms with Gasteiger partial charge in [-0.05, 0) is 31.9 Å². The number of hydrogen-bond donors (Lipinski definition) is 1. The van der Waals surface area contributed by atoms with Crippen molar-refractivity contribution < 1.29 is 4.39 Å². The van der Waals surface area contributed by atoms with Crippen LogP contribution in [0.15, 0.2) is 29.6 Å². The van der Waals surface area contributed by atoms with Gasteiger partial charge in [-0.3, -0.25) is 0 Å². The number of aryl methyl sites for hydroxylation is 1. The predicted octanol–water partition coefficient (Wildman–Crippen LogP) is 3.09. The van der Waals surface area contributed by atoms with Crippen LogP contribution in [0.4, 0.5) is 4.39 Å². The minimum atomic E-state index is -0.480. The molecule has 1 aromatic carbocycles. The molecular formula is C14H17FN2S. The van der Waals surface area contributed by atoms with Crippen LogP contribution in [0.3, 0.4) is 0 Å². The van der Waals surface area contributed by atoms with Crippen LogP contribution in [0.1, 0.15) is 23.2 Å². The van der Waals surface area contributed by atoms with E-state index >= 15 is 0 Å². The third-order valence-electron chi connectivity index (χ3n) is 2.77. The van der Waals surface area contributed by atoms with Crippen LogP contribution in [-0.4, -0.2) is 10.5 Å². The fourth-order valence-corrected chi connectivity index (χ4v) is 2.94. The summed E-state index contributed by atoms with van der Waals surface area (Å²) in [5.41, 5.74) is 7.45. The van der Waals surface area contributed by atoms with Crippen LogP contribution in [-0.2, 0) is 12.8 Å². The maximum Gasteiger partial charge on any atom is 0.126 e. The first-order valence-corrected chi connectivity index (χ1v) is 6.77. The number of nitrogens with two attached hydrogens (primary N) is 1. The molecule has 18 heavy (non-hydrogen) atoms. The molecular weight excluding hydrogens is 247 g/mol. The molecule has 0 aliphatic rings. The van der Waals surface area contributed by atoms with Crippen LogP contribution in [0.5, 0.6) is 0 Å². The smallest absolute Gasteiger partial charge is 0.126 e. The summed E-state index contributed by atoms with van der Waals surface area (Å²) in [6.07, 6.45) is 1.18.